The van der Waals surface area contributed by atoms with Crippen LogP contribution in [-0.4, -0.2) is 31.1 Å². The fourth-order valence-corrected chi connectivity index (χ4v) is 3.38. The van der Waals surface area contributed by atoms with Gasteiger partial charge in [-0.2, -0.15) is 0 Å². The van der Waals surface area contributed by atoms with E-state index in [1.54, 1.807) is 12.1 Å². The molecule has 0 spiro atoms. The maximum atomic E-state index is 13.8. The van der Waals surface area contributed by atoms with E-state index in [9.17, 15) is 4.39 Å². The number of halogens is 3. The Bertz CT molecular complexity index is 421. The Morgan fingerprint density at radius 2 is 2.11 bits per heavy atom. The Labute approximate surface area is 124 Å². The molecular formula is C14H19Cl2FN2. The Morgan fingerprint density at radius 3 is 2.89 bits per heavy atom. The van der Waals surface area contributed by atoms with E-state index in [4.69, 9.17) is 11.6 Å². The summed E-state index contributed by atoms with van der Waals surface area (Å²) in [5, 5.41) is 3.99. The number of benzene rings is 1. The first kappa shape index (κ1) is 15.0. The van der Waals surface area contributed by atoms with E-state index in [1.165, 1.54) is 12.5 Å². The quantitative estimate of drug-likeness (QED) is 0.904. The minimum atomic E-state index is -0.186. The van der Waals surface area contributed by atoms with Gasteiger partial charge in [0.25, 0.3) is 0 Å². The monoisotopic (exact) mass is 304 g/mol. The average molecular weight is 305 g/mol. The standard InChI is InChI=1S/C14H18ClFN2.ClH/c15-13-2-1-3-14(16)12(13)9-18-5-4-10-6-17-7-11(10)8-18;/h1-3,10-11,17H,4-9H2;1H. The summed E-state index contributed by atoms with van der Waals surface area (Å²) >= 11 is 6.08. The number of likely N-dealkylation sites (tertiary alicyclic amines) is 1. The predicted octanol–water partition coefficient (Wildman–Crippen LogP) is 2.94. The van der Waals surface area contributed by atoms with E-state index in [1.807, 2.05) is 0 Å². The first-order chi connectivity index (χ1) is 8.74. The van der Waals surface area contributed by atoms with Crippen molar-refractivity contribution in [3.05, 3.63) is 34.6 Å². The second-order valence-corrected chi connectivity index (χ2v) is 5.81. The number of nitrogens with one attached hydrogen (secondary N) is 1. The Kier molecular flexibility index (Phi) is 5.07. The molecule has 3 rings (SSSR count). The molecule has 0 radical (unpaired) electrons. The summed E-state index contributed by atoms with van der Waals surface area (Å²) in [5.74, 6) is 1.36. The van der Waals surface area contributed by atoms with Crippen LogP contribution in [0.15, 0.2) is 18.2 Å². The second kappa shape index (κ2) is 6.40. The highest BCUT2D eigenvalue weighted by Gasteiger charge is 2.32. The molecule has 0 bridgehead atoms. The molecule has 2 aliphatic heterocycles. The fourth-order valence-electron chi connectivity index (χ4n) is 3.16. The van der Waals surface area contributed by atoms with Crippen LogP contribution in [0, 0.1) is 17.7 Å². The van der Waals surface area contributed by atoms with Gasteiger partial charge in [-0.25, -0.2) is 4.39 Å². The second-order valence-electron chi connectivity index (χ2n) is 5.40. The van der Waals surface area contributed by atoms with Crippen molar-refractivity contribution in [1.82, 2.24) is 10.2 Å². The van der Waals surface area contributed by atoms with Crippen LogP contribution in [0.3, 0.4) is 0 Å². The number of nitrogens with zero attached hydrogens (tertiary/aromatic N) is 1. The molecule has 1 N–H and O–H groups in total. The third-order valence-corrected chi connectivity index (χ3v) is 4.59. The van der Waals surface area contributed by atoms with Gasteiger partial charge in [0, 0.05) is 23.7 Å². The van der Waals surface area contributed by atoms with Crippen molar-refractivity contribution in [3.8, 4) is 0 Å². The van der Waals surface area contributed by atoms with Crippen LogP contribution in [0.1, 0.15) is 12.0 Å². The van der Waals surface area contributed by atoms with Crippen LogP contribution in [0.2, 0.25) is 5.02 Å². The molecular weight excluding hydrogens is 286 g/mol. The minimum Gasteiger partial charge on any atom is -0.316 e. The van der Waals surface area contributed by atoms with Gasteiger partial charge in [-0.3, -0.25) is 4.90 Å². The lowest BCUT2D eigenvalue weighted by Crippen LogP contribution is -2.39. The molecule has 2 unspecified atom stereocenters. The molecule has 2 fully saturated rings. The Hall–Kier alpha value is -0.350. The van der Waals surface area contributed by atoms with Crippen molar-refractivity contribution in [2.45, 2.75) is 13.0 Å². The highest BCUT2D eigenvalue weighted by Crippen LogP contribution is 2.29. The number of piperidine rings is 1. The zero-order valence-electron chi connectivity index (χ0n) is 10.7. The van der Waals surface area contributed by atoms with E-state index in [0.717, 1.165) is 38.0 Å². The largest absolute Gasteiger partial charge is 0.316 e. The van der Waals surface area contributed by atoms with E-state index in [-0.39, 0.29) is 18.2 Å². The van der Waals surface area contributed by atoms with Crippen LogP contribution >= 0.6 is 24.0 Å². The van der Waals surface area contributed by atoms with Crippen LogP contribution in [0.4, 0.5) is 4.39 Å². The minimum absolute atomic E-state index is 0. The fraction of sp³-hybridized carbons (Fsp3) is 0.571. The maximum Gasteiger partial charge on any atom is 0.129 e. The molecule has 19 heavy (non-hydrogen) atoms. The molecule has 0 saturated carbocycles. The number of rotatable bonds is 2. The van der Waals surface area contributed by atoms with Crippen molar-refractivity contribution >= 4 is 24.0 Å². The van der Waals surface area contributed by atoms with Gasteiger partial charge in [0.15, 0.2) is 0 Å². The summed E-state index contributed by atoms with van der Waals surface area (Å²) in [6, 6.07) is 4.92. The number of fused-ring (bicyclic) bond motifs is 1. The van der Waals surface area contributed by atoms with Crippen LogP contribution < -0.4 is 5.32 Å². The molecule has 2 heterocycles. The van der Waals surface area contributed by atoms with Crippen LogP contribution in [-0.2, 0) is 6.54 Å². The van der Waals surface area contributed by atoms with E-state index >= 15 is 0 Å². The van der Waals surface area contributed by atoms with Crippen LogP contribution in [0.25, 0.3) is 0 Å². The van der Waals surface area contributed by atoms with Gasteiger partial charge in [-0.05, 0) is 50.0 Å². The van der Waals surface area contributed by atoms with Crippen molar-refractivity contribution in [2.75, 3.05) is 26.2 Å². The average Bonchev–Trinajstić information content (AvgIpc) is 2.81. The van der Waals surface area contributed by atoms with Crippen LogP contribution in [0.5, 0.6) is 0 Å². The summed E-state index contributed by atoms with van der Waals surface area (Å²) in [4.78, 5) is 2.33. The third kappa shape index (κ3) is 3.22. The molecule has 5 heteroatoms. The highest BCUT2D eigenvalue weighted by molar-refractivity contribution is 6.31. The maximum absolute atomic E-state index is 13.8. The first-order valence-electron chi connectivity index (χ1n) is 6.60. The summed E-state index contributed by atoms with van der Waals surface area (Å²) in [6.07, 6.45) is 1.21. The van der Waals surface area contributed by atoms with Gasteiger partial charge in [-0.1, -0.05) is 17.7 Å². The molecule has 2 atom stereocenters. The molecule has 2 saturated heterocycles. The molecule has 0 aliphatic carbocycles. The predicted molar refractivity (Wildman–Crippen MR) is 78.4 cm³/mol. The van der Waals surface area contributed by atoms with Gasteiger partial charge in [0.1, 0.15) is 5.82 Å². The Morgan fingerprint density at radius 1 is 1.32 bits per heavy atom. The van der Waals surface area contributed by atoms with Crippen molar-refractivity contribution in [1.29, 1.82) is 0 Å². The lowest BCUT2D eigenvalue weighted by molar-refractivity contribution is 0.141. The van der Waals surface area contributed by atoms with Crippen molar-refractivity contribution in [2.24, 2.45) is 11.8 Å². The van der Waals surface area contributed by atoms with Gasteiger partial charge in [-0.15, -0.1) is 12.4 Å². The number of hydrogen-bond donors (Lipinski definition) is 1. The van der Waals surface area contributed by atoms with Gasteiger partial charge < -0.3 is 5.32 Å². The van der Waals surface area contributed by atoms with Gasteiger partial charge in [0.05, 0.1) is 0 Å². The zero-order chi connectivity index (χ0) is 12.5. The van der Waals surface area contributed by atoms with Crippen molar-refractivity contribution in [3.63, 3.8) is 0 Å². The van der Waals surface area contributed by atoms with Gasteiger partial charge >= 0.3 is 0 Å². The molecule has 2 aliphatic rings. The summed E-state index contributed by atoms with van der Waals surface area (Å²) < 4.78 is 13.8. The van der Waals surface area contributed by atoms with E-state index < -0.39 is 0 Å². The SMILES string of the molecule is Cl.Fc1cccc(Cl)c1CN1CCC2CNCC2C1. The van der Waals surface area contributed by atoms with Crippen molar-refractivity contribution < 1.29 is 4.39 Å². The molecule has 0 aromatic heterocycles. The topological polar surface area (TPSA) is 15.3 Å². The normalized spacial score (nSPS) is 26.8. The summed E-state index contributed by atoms with van der Waals surface area (Å²) in [7, 11) is 0. The lowest BCUT2D eigenvalue weighted by Gasteiger charge is -2.34. The summed E-state index contributed by atoms with van der Waals surface area (Å²) in [6.45, 7) is 5.00. The summed E-state index contributed by atoms with van der Waals surface area (Å²) in [5.41, 5.74) is 0.642. The van der Waals surface area contributed by atoms with E-state index in [0.29, 0.717) is 17.1 Å². The van der Waals surface area contributed by atoms with E-state index in [2.05, 4.69) is 10.2 Å². The molecule has 2 nitrogen and oxygen atoms in total. The zero-order valence-corrected chi connectivity index (χ0v) is 12.3. The third-order valence-electron chi connectivity index (χ3n) is 4.23. The molecule has 0 amide bonds. The molecule has 106 valence electrons. The lowest BCUT2D eigenvalue weighted by atomic mass is 9.88. The Balaban J connectivity index is 0.00000133. The number of hydrogen-bond acceptors (Lipinski definition) is 2. The highest BCUT2D eigenvalue weighted by atomic mass is 35.5. The van der Waals surface area contributed by atoms with Gasteiger partial charge in [0.2, 0.25) is 0 Å². The first-order valence-corrected chi connectivity index (χ1v) is 6.98. The molecule has 1 aromatic carbocycles. The molecule has 1 aromatic rings. The smallest absolute Gasteiger partial charge is 0.129 e.